The standard InChI is InChI=1S/C24H26BrClN4O3/c25-22-12-20(26)4-3-19(22)2-1-16-9-18(15-28-14-17-5-7-27-13-17)11-21(10-16)32-8-6-23-29-30-24(31)33-23/h1-4,9-12,17,27-28H,5-8,13-15H2,(H,30,31)/b2-1+. The van der Waals surface area contributed by atoms with Gasteiger partial charge in [-0.15, -0.1) is 5.10 Å². The first-order valence-electron chi connectivity index (χ1n) is 10.9. The van der Waals surface area contributed by atoms with Gasteiger partial charge in [-0.25, -0.2) is 9.89 Å². The molecule has 7 nitrogen and oxygen atoms in total. The van der Waals surface area contributed by atoms with Gasteiger partial charge in [-0.05, 0) is 72.9 Å². The third-order valence-corrected chi connectivity index (χ3v) is 6.32. The average Bonchev–Trinajstić information content (AvgIpc) is 3.45. The van der Waals surface area contributed by atoms with Crippen molar-refractivity contribution in [2.45, 2.75) is 19.4 Å². The number of halogens is 2. The van der Waals surface area contributed by atoms with Crippen molar-refractivity contribution in [3.05, 3.63) is 79.0 Å². The lowest BCUT2D eigenvalue weighted by Crippen LogP contribution is -2.24. The summed E-state index contributed by atoms with van der Waals surface area (Å²) in [6.07, 6.45) is 5.71. The van der Waals surface area contributed by atoms with E-state index in [0.717, 1.165) is 53.1 Å². The van der Waals surface area contributed by atoms with Crippen LogP contribution in [0.5, 0.6) is 5.75 Å². The normalized spacial score (nSPS) is 16.0. The summed E-state index contributed by atoms with van der Waals surface area (Å²) in [6, 6.07) is 11.9. The van der Waals surface area contributed by atoms with E-state index in [2.05, 4.69) is 48.9 Å². The van der Waals surface area contributed by atoms with Crippen molar-refractivity contribution in [1.82, 2.24) is 20.8 Å². The molecule has 3 N–H and O–H groups in total. The highest BCUT2D eigenvalue weighted by Crippen LogP contribution is 2.25. The quantitative estimate of drug-likeness (QED) is 0.337. The minimum atomic E-state index is -0.559. The summed E-state index contributed by atoms with van der Waals surface area (Å²) in [7, 11) is 0. The smallest absolute Gasteiger partial charge is 0.434 e. The van der Waals surface area contributed by atoms with E-state index in [1.54, 1.807) is 0 Å². The number of nitrogens with zero attached hydrogens (tertiary/aromatic N) is 1. The second-order valence-electron chi connectivity index (χ2n) is 8.00. The molecule has 174 valence electrons. The summed E-state index contributed by atoms with van der Waals surface area (Å²) in [5.74, 6) is 1.20. The van der Waals surface area contributed by atoms with Crippen LogP contribution in [0.15, 0.2) is 50.1 Å². The molecule has 1 aliphatic heterocycles. The molecule has 1 fully saturated rings. The van der Waals surface area contributed by atoms with Crippen LogP contribution < -0.4 is 21.1 Å². The molecule has 1 atom stereocenters. The van der Waals surface area contributed by atoms with Crippen molar-refractivity contribution in [3.8, 4) is 5.75 Å². The highest BCUT2D eigenvalue weighted by Gasteiger charge is 2.13. The molecule has 33 heavy (non-hydrogen) atoms. The molecule has 1 aliphatic rings. The Labute approximate surface area is 205 Å². The van der Waals surface area contributed by atoms with Crippen LogP contribution >= 0.6 is 27.5 Å². The van der Waals surface area contributed by atoms with Gasteiger partial charge < -0.3 is 19.8 Å². The molecule has 2 heterocycles. The van der Waals surface area contributed by atoms with E-state index in [0.29, 0.717) is 29.9 Å². The number of hydrogen-bond donors (Lipinski definition) is 3. The van der Waals surface area contributed by atoms with E-state index in [4.69, 9.17) is 20.8 Å². The van der Waals surface area contributed by atoms with Gasteiger partial charge in [0.2, 0.25) is 5.89 Å². The maximum atomic E-state index is 11.1. The number of hydrogen-bond acceptors (Lipinski definition) is 6. The third-order valence-electron chi connectivity index (χ3n) is 5.40. The van der Waals surface area contributed by atoms with Crippen molar-refractivity contribution >= 4 is 39.7 Å². The summed E-state index contributed by atoms with van der Waals surface area (Å²) in [5.41, 5.74) is 3.20. The Hall–Kier alpha value is -2.39. The zero-order chi connectivity index (χ0) is 23.0. The van der Waals surface area contributed by atoms with Gasteiger partial charge >= 0.3 is 5.76 Å². The lowest BCUT2D eigenvalue weighted by atomic mass is 10.1. The average molecular weight is 534 g/mol. The van der Waals surface area contributed by atoms with Crippen molar-refractivity contribution in [3.63, 3.8) is 0 Å². The monoisotopic (exact) mass is 532 g/mol. The highest BCUT2D eigenvalue weighted by molar-refractivity contribution is 9.10. The second kappa shape index (κ2) is 11.7. The molecule has 0 saturated carbocycles. The number of rotatable bonds is 10. The maximum absolute atomic E-state index is 11.1. The van der Waals surface area contributed by atoms with Crippen LogP contribution in [0.1, 0.15) is 29.0 Å². The summed E-state index contributed by atoms with van der Waals surface area (Å²) >= 11 is 9.61. The Morgan fingerprint density at radius 3 is 2.94 bits per heavy atom. The largest absolute Gasteiger partial charge is 0.493 e. The molecule has 0 spiro atoms. The van der Waals surface area contributed by atoms with Gasteiger partial charge in [-0.3, -0.25) is 0 Å². The molecule has 3 aromatic rings. The van der Waals surface area contributed by atoms with Gasteiger partial charge in [0.05, 0.1) is 13.0 Å². The van der Waals surface area contributed by atoms with Crippen LogP contribution in [0, 0.1) is 5.92 Å². The van der Waals surface area contributed by atoms with E-state index in [1.165, 1.54) is 6.42 Å². The Morgan fingerprint density at radius 1 is 1.27 bits per heavy atom. The minimum absolute atomic E-state index is 0.329. The van der Waals surface area contributed by atoms with Crippen LogP contribution in [-0.4, -0.2) is 36.4 Å². The van der Waals surface area contributed by atoms with Crippen molar-refractivity contribution in [2.24, 2.45) is 5.92 Å². The lowest BCUT2D eigenvalue weighted by Gasteiger charge is -2.12. The molecule has 1 saturated heterocycles. The van der Waals surface area contributed by atoms with Crippen LogP contribution in [-0.2, 0) is 13.0 Å². The maximum Gasteiger partial charge on any atom is 0.434 e. The number of nitrogens with one attached hydrogen (secondary N) is 3. The number of H-pyrrole nitrogens is 1. The highest BCUT2D eigenvalue weighted by atomic mass is 79.9. The van der Waals surface area contributed by atoms with Gasteiger partial charge in [0, 0.05) is 16.0 Å². The zero-order valence-electron chi connectivity index (χ0n) is 18.1. The lowest BCUT2D eigenvalue weighted by molar-refractivity contribution is 0.303. The van der Waals surface area contributed by atoms with Crippen molar-refractivity contribution in [1.29, 1.82) is 0 Å². The number of aromatic nitrogens is 2. The summed E-state index contributed by atoms with van der Waals surface area (Å²) < 4.78 is 11.8. The summed E-state index contributed by atoms with van der Waals surface area (Å²) in [6.45, 7) is 4.27. The number of aromatic amines is 1. The molecule has 1 aromatic heterocycles. The van der Waals surface area contributed by atoms with Gasteiger partial charge in [0.25, 0.3) is 0 Å². The fourth-order valence-electron chi connectivity index (χ4n) is 3.72. The first-order valence-corrected chi connectivity index (χ1v) is 12.1. The molecule has 2 aromatic carbocycles. The van der Waals surface area contributed by atoms with Gasteiger partial charge in [0.1, 0.15) is 5.75 Å². The zero-order valence-corrected chi connectivity index (χ0v) is 20.4. The molecule has 0 aliphatic carbocycles. The molecule has 0 amide bonds. The van der Waals surface area contributed by atoms with E-state index >= 15 is 0 Å². The van der Waals surface area contributed by atoms with Crippen LogP contribution in [0.4, 0.5) is 0 Å². The topological polar surface area (TPSA) is 92.2 Å². The number of ether oxygens (including phenoxy) is 1. The van der Waals surface area contributed by atoms with E-state index in [-0.39, 0.29) is 0 Å². The van der Waals surface area contributed by atoms with Crippen LogP contribution in [0.3, 0.4) is 0 Å². The first-order chi connectivity index (χ1) is 16.0. The van der Waals surface area contributed by atoms with Gasteiger partial charge in [-0.2, -0.15) is 0 Å². The molecular weight excluding hydrogens is 508 g/mol. The van der Waals surface area contributed by atoms with Gasteiger partial charge in [-0.1, -0.05) is 51.8 Å². The third kappa shape index (κ3) is 7.30. The molecular formula is C24H26BrClN4O3. The SMILES string of the molecule is O=c1[nH]nc(CCOc2cc(/C=C/c3ccc(Cl)cc3Br)cc(CNCC3CCNC3)c2)o1. The van der Waals surface area contributed by atoms with E-state index in [9.17, 15) is 4.79 Å². The fraction of sp³-hybridized carbons (Fsp3) is 0.333. The van der Waals surface area contributed by atoms with Crippen molar-refractivity contribution in [2.75, 3.05) is 26.2 Å². The summed E-state index contributed by atoms with van der Waals surface area (Å²) in [5, 5.41) is 13.7. The Kier molecular flexibility index (Phi) is 8.39. The van der Waals surface area contributed by atoms with E-state index < -0.39 is 5.76 Å². The minimum Gasteiger partial charge on any atom is -0.493 e. The molecule has 0 radical (unpaired) electrons. The first kappa shape index (κ1) is 23.8. The van der Waals surface area contributed by atoms with E-state index in [1.807, 2.05) is 36.4 Å². The molecule has 4 rings (SSSR count). The molecule has 1 unspecified atom stereocenters. The Morgan fingerprint density at radius 2 is 2.18 bits per heavy atom. The Bertz CT molecular complexity index is 1150. The molecule has 0 bridgehead atoms. The second-order valence-corrected chi connectivity index (χ2v) is 9.30. The predicted molar refractivity (Wildman–Crippen MR) is 134 cm³/mol. The number of benzene rings is 2. The van der Waals surface area contributed by atoms with Crippen molar-refractivity contribution < 1.29 is 9.15 Å². The van der Waals surface area contributed by atoms with Gasteiger partial charge in [0.15, 0.2) is 0 Å². The molecule has 9 heteroatoms. The predicted octanol–water partition coefficient (Wildman–Crippen LogP) is 4.27. The van der Waals surface area contributed by atoms with Crippen LogP contribution in [0.25, 0.3) is 12.2 Å². The Balaban J connectivity index is 1.45. The summed E-state index contributed by atoms with van der Waals surface area (Å²) in [4.78, 5) is 11.1. The van der Waals surface area contributed by atoms with Crippen LogP contribution in [0.2, 0.25) is 5.02 Å². The fourth-order valence-corrected chi connectivity index (χ4v) is 4.54.